The van der Waals surface area contributed by atoms with Gasteiger partial charge in [-0.3, -0.25) is 4.18 Å². The molecule has 3 nitrogen and oxygen atoms in total. The Bertz CT molecular complexity index is 213. The summed E-state index contributed by atoms with van der Waals surface area (Å²) >= 11 is 0. The summed E-state index contributed by atoms with van der Waals surface area (Å²) < 4.78 is 25.6. The normalized spacial score (nSPS) is 22.6. The molecular weight excluding hydrogens is 152 g/mol. The van der Waals surface area contributed by atoms with Crippen LogP contribution in [-0.4, -0.2) is 21.3 Å². The lowest BCUT2D eigenvalue weighted by Gasteiger charge is -2.05. The van der Waals surface area contributed by atoms with Gasteiger partial charge in [-0.05, 0) is 18.3 Å². The van der Waals surface area contributed by atoms with Crippen molar-refractivity contribution in [2.75, 3.05) is 12.9 Å². The second kappa shape index (κ2) is 2.20. The highest BCUT2D eigenvalue weighted by atomic mass is 32.2. The highest BCUT2D eigenvalue weighted by Gasteiger charge is 2.38. The zero-order valence-electron chi connectivity index (χ0n) is 6.25. The summed E-state index contributed by atoms with van der Waals surface area (Å²) in [5.74, 6) is 0. The Hall–Kier alpha value is -0.0900. The minimum absolute atomic E-state index is 0.156. The molecule has 10 heavy (non-hydrogen) atoms. The Kier molecular flexibility index (Phi) is 1.76. The molecule has 0 N–H and O–H groups in total. The fourth-order valence-corrected chi connectivity index (χ4v) is 1.11. The highest BCUT2D eigenvalue weighted by molar-refractivity contribution is 7.85. The third-order valence-corrected chi connectivity index (χ3v) is 2.27. The average molecular weight is 164 g/mol. The molecule has 0 bridgehead atoms. The molecule has 60 valence electrons. The van der Waals surface area contributed by atoms with Crippen LogP contribution in [0.25, 0.3) is 0 Å². The van der Waals surface area contributed by atoms with E-state index in [1.165, 1.54) is 0 Å². The van der Waals surface area contributed by atoms with Gasteiger partial charge in [-0.25, -0.2) is 0 Å². The zero-order valence-corrected chi connectivity index (χ0v) is 7.07. The van der Waals surface area contributed by atoms with E-state index in [-0.39, 0.29) is 5.41 Å². The van der Waals surface area contributed by atoms with Gasteiger partial charge in [0, 0.05) is 0 Å². The minimum Gasteiger partial charge on any atom is -0.270 e. The van der Waals surface area contributed by atoms with E-state index in [2.05, 4.69) is 4.18 Å². The van der Waals surface area contributed by atoms with E-state index >= 15 is 0 Å². The SMILES string of the molecule is CC1(COS(C)(=O)=O)CC1. The molecule has 1 saturated carbocycles. The van der Waals surface area contributed by atoms with Crippen LogP contribution in [0.4, 0.5) is 0 Å². The lowest BCUT2D eigenvalue weighted by atomic mass is 10.2. The third-order valence-electron chi connectivity index (χ3n) is 1.73. The van der Waals surface area contributed by atoms with E-state index in [4.69, 9.17) is 0 Å². The van der Waals surface area contributed by atoms with Crippen LogP contribution in [0.1, 0.15) is 19.8 Å². The van der Waals surface area contributed by atoms with E-state index in [0.29, 0.717) is 6.61 Å². The van der Waals surface area contributed by atoms with E-state index in [9.17, 15) is 8.42 Å². The average Bonchev–Trinajstić information content (AvgIpc) is 2.43. The van der Waals surface area contributed by atoms with Crippen LogP contribution in [0.5, 0.6) is 0 Å². The van der Waals surface area contributed by atoms with E-state index in [0.717, 1.165) is 19.1 Å². The van der Waals surface area contributed by atoms with Gasteiger partial charge in [-0.1, -0.05) is 6.92 Å². The van der Waals surface area contributed by atoms with Crippen molar-refractivity contribution in [3.63, 3.8) is 0 Å². The fraction of sp³-hybridized carbons (Fsp3) is 1.00. The molecule has 1 rings (SSSR count). The number of hydrogen-bond donors (Lipinski definition) is 0. The Morgan fingerprint density at radius 1 is 1.50 bits per heavy atom. The predicted molar refractivity (Wildman–Crippen MR) is 38.1 cm³/mol. The van der Waals surface area contributed by atoms with E-state index in [1.54, 1.807) is 0 Å². The summed E-state index contributed by atoms with van der Waals surface area (Å²) in [6.45, 7) is 2.38. The summed E-state index contributed by atoms with van der Waals surface area (Å²) in [6, 6.07) is 0. The first-order chi connectivity index (χ1) is 4.41. The Morgan fingerprint density at radius 3 is 2.30 bits per heavy atom. The second-order valence-electron chi connectivity index (χ2n) is 3.28. The Labute approximate surface area is 61.5 Å². The first kappa shape index (κ1) is 8.01. The smallest absolute Gasteiger partial charge is 0.264 e. The van der Waals surface area contributed by atoms with Crippen LogP contribution in [0.3, 0.4) is 0 Å². The maximum atomic E-state index is 10.5. The molecule has 0 atom stereocenters. The lowest BCUT2D eigenvalue weighted by molar-refractivity contribution is 0.255. The van der Waals surface area contributed by atoms with E-state index < -0.39 is 10.1 Å². The van der Waals surface area contributed by atoms with Gasteiger partial charge in [0.1, 0.15) is 0 Å². The molecule has 0 saturated heterocycles. The van der Waals surface area contributed by atoms with Crippen LogP contribution in [0, 0.1) is 5.41 Å². The molecule has 0 heterocycles. The Balaban J connectivity index is 2.30. The Morgan fingerprint density at radius 2 is 2.00 bits per heavy atom. The van der Waals surface area contributed by atoms with Gasteiger partial charge in [0.2, 0.25) is 0 Å². The second-order valence-corrected chi connectivity index (χ2v) is 4.92. The molecule has 0 aromatic heterocycles. The maximum Gasteiger partial charge on any atom is 0.264 e. The summed E-state index contributed by atoms with van der Waals surface area (Å²) in [4.78, 5) is 0. The molecule has 4 heteroatoms. The van der Waals surface area contributed by atoms with Crippen molar-refractivity contribution in [3.8, 4) is 0 Å². The van der Waals surface area contributed by atoms with Gasteiger partial charge in [0.15, 0.2) is 0 Å². The molecule has 0 unspecified atom stereocenters. The van der Waals surface area contributed by atoms with Crippen molar-refractivity contribution in [3.05, 3.63) is 0 Å². The van der Waals surface area contributed by atoms with Gasteiger partial charge in [0.05, 0.1) is 12.9 Å². The van der Waals surface area contributed by atoms with Crippen molar-refractivity contribution in [1.82, 2.24) is 0 Å². The van der Waals surface area contributed by atoms with Crippen molar-refractivity contribution in [2.24, 2.45) is 5.41 Å². The van der Waals surface area contributed by atoms with E-state index in [1.807, 2.05) is 6.92 Å². The lowest BCUT2D eigenvalue weighted by Crippen LogP contribution is -2.11. The zero-order chi connectivity index (χ0) is 7.83. The standard InChI is InChI=1S/C6H12O3S/c1-6(3-4-6)5-9-10(2,7)8/h3-5H2,1-2H3. The molecular formula is C6H12O3S. The van der Waals surface area contributed by atoms with Gasteiger partial charge < -0.3 is 0 Å². The summed E-state index contributed by atoms with van der Waals surface area (Å²) in [7, 11) is -3.22. The van der Waals surface area contributed by atoms with Gasteiger partial charge in [0.25, 0.3) is 10.1 Å². The van der Waals surface area contributed by atoms with Crippen LogP contribution in [0.15, 0.2) is 0 Å². The fourth-order valence-electron chi connectivity index (χ4n) is 0.607. The van der Waals surface area contributed by atoms with Gasteiger partial charge in [-0.2, -0.15) is 8.42 Å². The summed E-state index contributed by atoms with van der Waals surface area (Å²) in [5.41, 5.74) is 0.156. The largest absolute Gasteiger partial charge is 0.270 e. The molecule has 0 radical (unpaired) electrons. The highest BCUT2D eigenvalue weighted by Crippen LogP contribution is 2.45. The van der Waals surface area contributed by atoms with Crippen molar-refractivity contribution in [1.29, 1.82) is 0 Å². The van der Waals surface area contributed by atoms with Crippen molar-refractivity contribution >= 4 is 10.1 Å². The third kappa shape index (κ3) is 2.66. The summed E-state index contributed by atoms with van der Waals surface area (Å²) in [6.07, 6.45) is 3.25. The van der Waals surface area contributed by atoms with Crippen LogP contribution in [0.2, 0.25) is 0 Å². The molecule has 1 aliphatic carbocycles. The van der Waals surface area contributed by atoms with Gasteiger partial charge in [-0.15, -0.1) is 0 Å². The minimum atomic E-state index is -3.22. The van der Waals surface area contributed by atoms with Crippen LogP contribution >= 0.6 is 0 Å². The molecule has 0 aromatic rings. The molecule has 1 fully saturated rings. The van der Waals surface area contributed by atoms with Crippen molar-refractivity contribution < 1.29 is 12.6 Å². The molecule has 0 aromatic carbocycles. The van der Waals surface area contributed by atoms with Crippen molar-refractivity contribution in [2.45, 2.75) is 19.8 Å². The predicted octanol–water partition coefficient (Wildman–Crippen LogP) is 0.763. The first-order valence-electron chi connectivity index (χ1n) is 3.26. The van der Waals surface area contributed by atoms with Crippen LogP contribution in [-0.2, 0) is 14.3 Å². The number of rotatable bonds is 3. The molecule has 0 aliphatic heterocycles. The monoisotopic (exact) mass is 164 g/mol. The molecule has 0 amide bonds. The number of hydrogen-bond acceptors (Lipinski definition) is 3. The topological polar surface area (TPSA) is 43.4 Å². The molecule has 0 spiro atoms. The van der Waals surface area contributed by atoms with Gasteiger partial charge >= 0.3 is 0 Å². The van der Waals surface area contributed by atoms with Crippen LogP contribution < -0.4 is 0 Å². The first-order valence-corrected chi connectivity index (χ1v) is 5.07. The summed E-state index contributed by atoms with van der Waals surface area (Å²) in [5, 5.41) is 0. The maximum absolute atomic E-state index is 10.5. The molecule has 1 aliphatic rings. The quantitative estimate of drug-likeness (QED) is 0.578.